The third kappa shape index (κ3) is 6.18. The fourth-order valence-electron chi connectivity index (χ4n) is 3.63. The van der Waals surface area contributed by atoms with Crippen LogP contribution in [0, 0.1) is 25.2 Å². The first-order chi connectivity index (χ1) is 13.1. The van der Waals surface area contributed by atoms with Gasteiger partial charge >= 0.3 is 0 Å². The second-order valence-corrected chi connectivity index (χ2v) is 7.90. The number of carbonyl (C=O) groups excluding carboxylic acids is 1. The molecule has 1 saturated heterocycles. The molecule has 27 heavy (non-hydrogen) atoms. The van der Waals surface area contributed by atoms with Gasteiger partial charge in [-0.05, 0) is 44.3 Å². The van der Waals surface area contributed by atoms with Gasteiger partial charge in [0.2, 0.25) is 5.91 Å². The molecule has 2 heterocycles. The molecule has 3 rings (SSSR count). The molecule has 5 heteroatoms. The Morgan fingerprint density at radius 3 is 2.59 bits per heavy atom. The topological polar surface area (TPSA) is 57.1 Å². The van der Waals surface area contributed by atoms with Crippen molar-refractivity contribution in [3.8, 4) is 12.3 Å². The molecule has 0 spiro atoms. The summed E-state index contributed by atoms with van der Waals surface area (Å²) in [5.41, 5.74) is 2.33. The highest BCUT2D eigenvalue weighted by Crippen LogP contribution is 2.37. The van der Waals surface area contributed by atoms with Crippen LogP contribution in [-0.2, 0) is 11.3 Å². The fraction of sp³-hybridized carbons (Fsp3) is 0.591. The maximum absolute atomic E-state index is 12.1. The highest BCUT2D eigenvalue weighted by molar-refractivity contribution is 5.76. The van der Waals surface area contributed by atoms with E-state index in [-0.39, 0.29) is 11.6 Å². The van der Waals surface area contributed by atoms with Gasteiger partial charge in [-0.1, -0.05) is 29.8 Å². The van der Waals surface area contributed by atoms with Crippen molar-refractivity contribution in [1.29, 1.82) is 0 Å². The molecule has 0 atom stereocenters. The number of carbonyl (C=O) groups is 1. The van der Waals surface area contributed by atoms with Crippen LogP contribution >= 0.6 is 0 Å². The van der Waals surface area contributed by atoms with Crippen molar-refractivity contribution >= 4 is 5.91 Å². The Labute approximate surface area is 162 Å². The first kappa shape index (κ1) is 19.6. The van der Waals surface area contributed by atoms with Gasteiger partial charge in [-0.25, -0.2) is 0 Å². The van der Waals surface area contributed by atoms with Crippen LogP contribution in [0.2, 0.25) is 0 Å². The second kappa shape index (κ2) is 9.14. The molecule has 0 unspecified atom stereocenters. The van der Waals surface area contributed by atoms with Gasteiger partial charge in [0.1, 0.15) is 0 Å². The number of benzene rings is 1. The highest BCUT2D eigenvalue weighted by Gasteiger charge is 2.39. The van der Waals surface area contributed by atoms with E-state index in [1.54, 1.807) is 0 Å². The van der Waals surface area contributed by atoms with Crippen molar-refractivity contribution in [2.24, 2.45) is 16.1 Å². The summed E-state index contributed by atoms with van der Waals surface area (Å²) in [5, 5.41) is 11.3. The van der Waals surface area contributed by atoms with Crippen LogP contribution in [0.4, 0.5) is 0 Å². The van der Waals surface area contributed by atoms with E-state index in [0.717, 1.165) is 45.4 Å². The molecular weight excluding hydrogens is 336 g/mol. The first-order valence-corrected chi connectivity index (χ1v) is 10.0. The average molecular weight is 367 g/mol. The monoisotopic (exact) mass is 366 g/mol. The lowest BCUT2D eigenvalue weighted by molar-refractivity contribution is -0.121. The number of terminal acetylenes is 1. The van der Waals surface area contributed by atoms with Crippen LogP contribution in [0.5, 0.6) is 0 Å². The Bertz CT molecular complexity index is 690. The Morgan fingerprint density at radius 2 is 1.96 bits per heavy atom. The molecule has 0 radical (unpaired) electrons. The number of likely N-dealkylation sites (tertiary alicyclic amines) is 1. The van der Waals surface area contributed by atoms with Crippen molar-refractivity contribution in [1.82, 2.24) is 10.2 Å². The van der Waals surface area contributed by atoms with Crippen molar-refractivity contribution < 1.29 is 4.79 Å². The number of nitrogens with one attached hydrogen (secondary N) is 1. The summed E-state index contributed by atoms with van der Waals surface area (Å²) in [6.07, 6.45) is 10.2. The summed E-state index contributed by atoms with van der Waals surface area (Å²) in [7, 11) is 0. The number of aryl methyl sites for hydroxylation is 1. The molecule has 1 amide bonds. The SMILES string of the molecule is C#CCCC1(CCC(=O)NCC2CCN(Cc3ccc(C)cc3)CC2)N=N1. The van der Waals surface area contributed by atoms with Gasteiger partial charge in [-0.15, -0.1) is 12.3 Å². The maximum atomic E-state index is 12.1. The zero-order valence-corrected chi connectivity index (χ0v) is 16.3. The van der Waals surface area contributed by atoms with Crippen LogP contribution in [0.15, 0.2) is 34.5 Å². The normalized spacial score (nSPS) is 18.8. The van der Waals surface area contributed by atoms with Gasteiger partial charge in [-0.3, -0.25) is 9.69 Å². The number of rotatable bonds is 9. The van der Waals surface area contributed by atoms with Crippen LogP contribution in [0.1, 0.15) is 49.7 Å². The zero-order chi connectivity index (χ0) is 19.1. The Hall–Kier alpha value is -2.19. The lowest BCUT2D eigenvalue weighted by Crippen LogP contribution is -2.38. The Balaban J connectivity index is 1.29. The smallest absolute Gasteiger partial charge is 0.220 e. The van der Waals surface area contributed by atoms with E-state index in [4.69, 9.17) is 6.42 Å². The van der Waals surface area contributed by atoms with E-state index in [1.165, 1.54) is 11.1 Å². The summed E-state index contributed by atoms with van der Waals surface area (Å²) < 4.78 is 0. The third-order valence-electron chi connectivity index (χ3n) is 5.63. The minimum absolute atomic E-state index is 0.106. The molecule has 1 N–H and O–H groups in total. The number of nitrogens with zero attached hydrogens (tertiary/aromatic N) is 3. The van der Waals surface area contributed by atoms with E-state index in [2.05, 4.69) is 57.6 Å². The number of hydrogen-bond donors (Lipinski definition) is 1. The van der Waals surface area contributed by atoms with E-state index in [1.807, 2.05) is 0 Å². The summed E-state index contributed by atoms with van der Waals surface area (Å²) in [6, 6.07) is 8.79. The molecule has 0 aromatic heterocycles. The van der Waals surface area contributed by atoms with Crippen molar-refractivity contribution in [2.45, 2.75) is 57.7 Å². The molecule has 1 fully saturated rings. The van der Waals surface area contributed by atoms with Crippen LogP contribution in [-0.4, -0.2) is 36.1 Å². The lowest BCUT2D eigenvalue weighted by Gasteiger charge is -2.32. The summed E-state index contributed by atoms with van der Waals surface area (Å²) >= 11 is 0. The highest BCUT2D eigenvalue weighted by atomic mass is 16.1. The van der Waals surface area contributed by atoms with Gasteiger partial charge in [0.05, 0.1) is 0 Å². The van der Waals surface area contributed by atoms with Gasteiger partial charge in [-0.2, -0.15) is 10.2 Å². The molecule has 0 saturated carbocycles. The molecule has 2 aliphatic heterocycles. The third-order valence-corrected chi connectivity index (χ3v) is 5.63. The van der Waals surface area contributed by atoms with Gasteiger partial charge in [0, 0.05) is 38.8 Å². The minimum atomic E-state index is -0.356. The molecule has 0 bridgehead atoms. The standard InChI is InChI=1S/C22H30N4O/c1-3-4-12-22(24-25-22)13-9-21(27)23-16-19-10-14-26(15-11-19)17-20-7-5-18(2)6-8-20/h1,5-8,19H,4,9-17H2,2H3,(H,23,27). The maximum Gasteiger partial charge on any atom is 0.220 e. The van der Waals surface area contributed by atoms with E-state index < -0.39 is 0 Å². The van der Waals surface area contributed by atoms with E-state index >= 15 is 0 Å². The zero-order valence-electron chi connectivity index (χ0n) is 16.3. The molecule has 144 valence electrons. The molecule has 2 aliphatic rings. The molecule has 1 aromatic carbocycles. The minimum Gasteiger partial charge on any atom is -0.356 e. The molecule has 5 nitrogen and oxygen atoms in total. The Kier molecular flexibility index (Phi) is 6.63. The molecular formula is C22H30N4O. The lowest BCUT2D eigenvalue weighted by atomic mass is 9.96. The van der Waals surface area contributed by atoms with Gasteiger partial charge in [0.15, 0.2) is 5.66 Å². The van der Waals surface area contributed by atoms with E-state index in [9.17, 15) is 4.79 Å². The summed E-state index contributed by atoms with van der Waals surface area (Å²) in [6.45, 7) is 6.12. The summed E-state index contributed by atoms with van der Waals surface area (Å²) in [4.78, 5) is 14.6. The van der Waals surface area contributed by atoms with Crippen LogP contribution in [0.25, 0.3) is 0 Å². The fourth-order valence-corrected chi connectivity index (χ4v) is 3.63. The van der Waals surface area contributed by atoms with E-state index in [0.29, 0.717) is 25.2 Å². The van der Waals surface area contributed by atoms with Crippen LogP contribution < -0.4 is 5.32 Å². The predicted molar refractivity (Wildman–Crippen MR) is 107 cm³/mol. The van der Waals surface area contributed by atoms with Gasteiger partial charge < -0.3 is 5.32 Å². The predicted octanol–water partition coefficient (Wildman–Crippen LogP) is 3.68. The molecule has 0 aliphatic carbocycles. The van der Waals surface area contributed by atoms with Crippen molar-refractivity contribution in [2.75, 3.05) is 19.6 Å². The number of piperidine rings is 1. The van der Waals surface area contributed by atoms with Crippen molar-refractivity contribution in [3.63, 3.8) is 0 Å². The van der Waals surface area contributed by atoms with Crippen LogP contribution in [0.3, 0.4) is 0 Å². The van der Waals surface area contributed by atoms with Gasteiger partial charge in [0.25, 0.3) is 0 Å². The molecule has 1 aromatic rings. The van der Waals surface area contributed by atoms with Crippen molar-refractivity contribution in [3.05, 3.63) is 35.4 Å². The summed E-state index contributed by atoms with van der Waals surface area (Å²) in [5.74, 6) is 3.30. The Morgan fingerprint density at radius 1 is 1.26 bits per heavy atom. The average Bonchev–Trinajstić information content (AvgIpc) is 3.46. The number of amides is 1. The second-order valence-electron chi connectivity index (χ2n) is 7.90. The number of hydrogen-bond acceptors (Lipinski definition) is 4. The quantitative estimate of drug-likeness (QED) is 0.678. The first-order valence-electron chi connectivity index (χ1n) is 10.0. The largest absolute Gasteiger partial charge is 0.356 e.